The molecule has 0 saturated heterocycles. The summed E-state index contributed by atoms with van der Waals surface area (Å²) in [5.41, 5.74) is 0. The minimum absolute atomic E-state index is 0. The topological polar surface area (TPSA) is 35.0 Å². The molecule has 0 heterocycles. The summed E-state index contributed by atoms with van der Waals surface area (Å²) in [6.45, 7) is 0. The van der Waals surface area contributed by atoms with Crippen molar-refractivity contribution < 1.29 is 51.5 Å². The van der Waals surface area contributed by atoms with Crippen LogP contribution in [-0.4, -0.2) is 0 Å². The Morgan fingerprint density at radius 2 is 1.00 bits per heavy atom. The van der Waals surface area contributed by atoms with Crippen molar-refractivity contribution in [2.24, 2.45) is 0 Å². The summed E-state index contributed by atoms with van der Waals surface area (Å²) >= 11 is 0. The molecular formula is H3CrFeMnN. The fourth-order valence-electron chi connectivity index (χ4n) is 0. The maximum Gasteiger partial charge on any atom is 0 e. The second kappa shape index (κ2) is 24.1. The first-order chi connectivity index (χ1) is 0. The zero-order valence-corrected chi connectivity index (χ0v) is 5.41. The van der Waals surface area contributed by atoms with Crippen molar-refractivity contribution in [1.82, 2.24) is 6.15 Å². The Morgan fingerprint density at radius 3 is 1.00 bits per heavy atom. The minimum atomic E-state index is 0. The molecule has 0 aromatic carbocycles. The van der Waals surface area contributed by atoms with Crippen molar-refractivity contribution in [3.63, 3.8) is 0 Å². The molecule has 0 fully saturated rings. The third-order valence-corrected chi connectivity index (χ3v) is 0. The van der Waals surface area contributed by atoms with Crippen LogP contribution in [-0.2, 0) is 51.5 Å². The van der Waals surface area contributed by atoms with Crippen LogP contribution < -0.4 is 6.15 Å². The maximum atomic E-state index is 0. The van der Waals surface area contributed by atoms with Gasteiger partial charge in [0.15, 0.2) is 0 Å². The van der Waals surface area contributed by atoms with E-state index in [-0.39, 0.29) is 57.6 Å². The molecule has 29 valence electrons. The molecule has 0 aliphatic heterocycles. The van der Waals surface area contributed by atoms with E-state index in [1.807, 2.05) is 0 Å². The Hall–Kier alpha value is 1.53. The summed E-state index contributed by atoms with van der Waals surface area (Å²) in [7, 11) is 0. The fraction of sp³-hybridized carbons (Fsp3) is 0. The van der Waals surface area contributed by atoms with Crippen LogP contribution in [0.15, 0.2) is 0 Å². The summed E-state index contributed by atoms with van der Waals surface area (Å²) in [5, 5.41) is 0. The Kier molecular flexibility index (Phi) is 292. The second-order valence-electron chi connectivity index (χ2n) is 0. The van der Waals surface area contributed by atoms with Crippen molar-refractivity contribution >= 4 is 0 Å². The molecule has 0 rings (SSSR count). The predicted octanol–water partition coefficient (Wildman–Crippen LogP) is 0.154. The largest absolute Gasteiger partial charge is 0.344 e. The molecule has 0 aliphatic rings. The van der Waals surface area contributed by atoms with E-state index in [1.54, 1.807) is 0 Å². The first-order valence-corrected chi connectivity index (χ1v) is 0. The molecule has 0 aromatic heterocycles. The Labute approximate surface area is 57.6 Å². The van der Waals surface area contributed by atoms with Gasteiger partial charge in [0.2, 0.25) is 0 Å². The van der Waals surface area contributed by atoms with E-state index < -0.39 is 0 Å². The monoisotopic (exact) mass is 180 g/mol. The minimum Gasteiger partial charge on any atom is -0.344 e. The van der Waals surface area contributed by atoms with E-state index in [9.17, 15) is 0 Å². The van der Waals surface area contributed by atoms with Gasteiger partial charge in [-0.2, -0.15) is 0 Å². The van der Waals surface area contributed by atoms with E-state index in [4.69, 9.17) is 0 Å². The number of hydrogen-bond acceptors (Lipinski definition) is 1. The summed E-state index contributed by atoms with van der Waals surface area (Å²) in [5.74, 6) is 0. The van der Waals surface area contributed by atoms with Crippen LogP contribution >= 0.6 is 0 Å². The van der Waals surface area contributed by atoms with E-state index in [2.05, 4.69) is 0 Å². The summed E-state index contributed by atoms with van der Waals surface area (Å²) in [6, 6.07) is 0. The van der Waals surface area contributed by atoms with Gasteiger partial charge in [0.25, 0.3) is 0 Å². The first-order valence-electron chi connectivity index (χ1n) is 0. The molecule has 0 bridgehead atoms. The van der Waals surface area contributed by atoms with Gasteiger partial charge in [-0.25, -0.2) is 0 Å². The SMILES string of the molecule is N.[Cr].[Fe].[Mn]. The van der Waals surface area contributed by atoms with Gasteiger partial charge < -0.3 is 6.15 Å². The molecule has 1 radical (unpaired) electrons. The van der Waals surface area contributed by atoms with E-state index >= 15 is 0 Å². The molecule has 0 aromatic rings. The third kappa shape index (κ3) is 9.65. The second-order valence-corrected chi connectivity index (χ2v) is 0. The molecule has 0 unspecified atom stereocenters. The van der Waals surface area contributed by atoms with Gasteiger partial charge in [-0.1, -0.05) is 0 Å². The molecule has 4 heavy (non-hydrogen) atoms. The standard InChI is InChI=1S/Cr.Fe.Mn.H3N/h;;;1H3. The van der Waals surface area contributed by atoms with Crippen LogP contribution in [0.4, 0.5) is 0 Å². The van der Waals surface area contributed by atoms with Gasteiger partial charge in [-0.05, 0) is 0 Å². The summed E-state index contributed by atoms with van der Waals surface area (Å²) < 4.78 is 0. The predicted molar refractivity (Wildman–Crippen MR) is 5.02 cm³/mol. The van der Waals surface area contributed by atoms with Crippen molar-refractivity contribution in [2.75, 3.05) is 0 Å². The van der Waals surface area contributed by atoms with Gasteiger partial charge in [-0.3, -0.25) is 0 Å². The fourth-order valence-corrected chi connectivity index (χ4v) is 0. The van der Waals surface area contributed by atoms with Crippen LogP contribution in [0.2, 0.25) is 0 Å². The van der Waals surface area contributed by atoms with Gasteiger partial charge in [-0.15, -0.1) is 0 Å². The van der Waals surface area contributed by atoms with Crippen LogP contribution in [0.5, 0.6) is 0 Å². The third-order valence-electron chi connectivity index (χ3n) is 0. The average Bonchev–Trinajstić information content (AvgIpc) is 0. The first kappa shape index (κ1) is 48.4. The van der Waals surface area contributed by atoms with Gasteiger partial charge >= 0.3 is 0 Å². The van der Waals surface area contributed by atoms with Crippen LogP contribution in [0.25, 0.3) is 0 Å². The van der Waals surface area contributed by atoms with Crippen molar-refractivity contribution in [1.29, 1.82) is 0 Å². The van der Waals surface area contributed by atoms with E-state index in [0.29, 0.717) is 0 Å². The zero-order valence-electron chi connectivity index (χ0n) is 1.85. The smallest absolute Gasteiger partial charge is 0 e. The summed E-state index contributed by atoms with van der Waals surface area (Å²) in [4.78, 5) is 0. The van der Waals surface area contributed by atoms with E-state index in [0.717, 1.165) is 0 Å². The molecule has 0 amide bonds. The van der Waals surface area contributed by atoms with Gasteiger partial charge in [0, 0.05) is 51.5 Å². The van der Waals surface area contributed by atoms with Crippen molar-refractivity contribution in [3.8, 4) is 0 Å². The van der Waals surface area contributed by atoms with Crippen LogP contribution in [0.3, 0.4) is 0 Å². The molecule has 0 atom stereocenters. The number of rotatable bonds is 0. The van der Waals surface area contributed by atoms with Gasteiger partial charge in [0.1, 0.15) is 0 Å². The molecule has 1 nitrogen and oxygen atoms in total. The maximum absolute atomic E-state index is 0. The summed E-state index contributed by atoms with van der Waals surface area (Å²) in [6.07, 6.45) is 0. The van der Waals surface area contributed by atoms with E-state index in [1.165, 1.54) is 0 Å². The Bertz CT molecular complexity index is 8.00. The number of hydrogen-bond donors (Lipinski definition) is 1. The molecular weight excluding hydrogens is 177 g/mol. The van der Waals surface area contributed by atoms with Crippen LogP contribution in [0.1, 0.15) is 0 Å². The normalized spacial score (nSPS) is 0. The molecule has 0 spiro atoms. The van der Waals surface area contributed by atoms with Crippen molar-refractivity contribution in [3.05, 3.63) is 0 Å². The molecule has 4 heteroatoms. The molecule has 3 N–H and O–H groups in total. The Morgan fingerprint density at radius 1 is 1.00 bits per heavy atom. The van der Waals surface area contributed by atoms with Gasteiger partial charge in [0.05, 0.1) is 0 Å². The quantitative estimate of drug-likeness (QED) is 0.529. The molecule has 0 saturated carbocycles. The average molecular weight is 180 g/mol. The van der Waals surface area contributed by atoms with Crippen molar-refractivity contribution in [2.45, 2.75) is 0 Å². The molecule has 0 aliphatic carbocycles. The zero-order chi connectivity index (χ0) is 0. The Balaban J connectivity index is 0. The van der Waals surface area contributed by atoms with Crippen LogP contribution in [0, 0.1) is 0 Å².